The average Bonchev–Trinajstić information content (AvgIpc) is 1.40. The Hall–Kier alpha value is -8.77. The van der Waals surface area contributed by atoms with Crippen LogP contribution in [0.15, 0.2) is 191 Å². The van der Waals surface area contributed by atoms with Gasteiger partial charge in [-0.2, -0.15) is 0 Å². The molecule has 12 aromatic rings. The van der Waals surface area contributed by atoms with Crippen LogP contribution in [0.4, 0.5) is 45.5 Å². The number of benzene rings is 10. The molecule has 0 atom stereocenters. The van der Waals surface area contributed by atoms with Crippen molar-refractivity contribution in [3.8, 4) is 56.0 Å². The summed E-state index contributed by atoms with van der Waals surface area (Å²) in [7, 11) is 0. The SMILES string of the molecule is CC(C)(C)c1cc(C(C)(C)C)c2c3c1-c1ccc4oc5ccc(cc5c4c1)-c1c(C(C)(C)C)cc(C(C)(C)C)c(c1N1[C]4=[Pt]=[C]5N(c6cccc(c6)Oc6cccc(c6)N4c4ccccc41)c1ccccc1N53)-c1ccc3oc4ccc-2cc4c3c1. The summed E-state index contributed by atoms with van der Waals surface area (Å²) in [4.78, 5) is 10.7. The van der Waals surface area contributed by atoms with Gasteiger partial charge in [-0.05, 0) is 0 Å². The van der Waals surface area contributed by atoms with E-state index in [1.54, 1.807) is 0 Å². The van der Waals surface area contributed by atoms with Crippen molar-refractivity contribution in [1.29, 1.82) is 0 Å². The molecule has 7 heterocycles. The van der Waals surface area contributed by atoms with Crippen molar-refractivity contribution >= 4 is 97.7 Å². The molecule has 0 N–H and O–H groups in total. The van der Waals surface area contributed by atoms with Crippen LogP contribution in [0.3, 0.4) is 0 Å². The van der Waals surface area contributed by atoms with Crippen LogP contribution >= 0.6 is 0 Å². The molecule has 86 heavy (non-hydrogen) atoms. The summed E-state index contributed by atoms with van der Waals surface area (Å²) in [5.74, 6) is 1.55. The molecule has 0 saturated carbocycles. The van der Waals surface area contributed by atoms with Gasteiger partial charge in [0.05, 0.1) is 0 Å². The van der Waals surface area contributed by atoms with E-state index in [9.17, 15) is 0 Å². The third-order valence-corrected chi connectivity index (χ3v) is 21.4. The molecule has 17 rings (SSSR count). The Labute approximate surface area is 510 Å². The molecule has 0 aliphatic carbocycles. The molecule has 5 aliphatic rings. The van der Waals surface area contributed by atoms with Crippen LogP contribution in [-0.2, 0) is 39.3 Å². The van der Waals surface area contributed by atoms with Gasteiger partial charge in [0, 0.05) is 0 Å². The summed E-state index contributed by atoms with van der Waals surface area (Å²) in [6.45, 7) is 28.8. The van der Waals surface area contributed by atoms with Gasteiger partial charge in [0.1, 0.15) is 0 Å². The van der Waals surface area contributed by atoms with Crippen LogP contribution in [0.5, 0.6) is 11.5 Å². The quantitative estimate of drug-likeness (QED) is 0.150. The van der Waals surface area contributed by atoms with Gasteiger partial charge in [0.25, 0.3) is 0 Å². The molecule has 8 heteroatoms. The zero-order valence-electron chi connectivity index (χ0n) is 50.7. The van der Waals surface area contributed by atoms with E-state index in [4.69, 9.17) is 13.6 Å². The van der Waals surface area contributed by atoms with Crippen LogP contribution in [0.2, 0.25) is 0 Å². The summed E-state index contributed by atoms with van der Waals surface area (Å²) in [5.41, 5.74) is 25.4. The number of rotatable bonds is 0. The van der Waals surface area contributed by atoms with Crippen molar-refractivity contribution in [3.63, 3.8) is 0 Å². The van der Waals surface area contributed by atoms with Gasteiger partial charge in [-0.15, -0.1) is 0 Å². The number of anilines is 8. The van der Waals surface area contributed by atoms with Gasteiger partial charge in [0.15, 0.2) is 0 Å². The number of nitrogens with zero attached hydrogens (tertiary/aromatic N) is 4. The van der Waals surface area contributed by atoms with Crippen molar-refractivity contribution in [3.05, 3.63) is 204 Å². The van der Waals surface area contributed by atoms with Crippen molar-refractivity contribution in [2.75, 3.05) is 19.6 Å². The zero-order chi connectivity index (χ0) is 58.8. The zero-order valence-corrected chi connectivity index (χ0v) is 52.9. The number of hydrogen-bond acceptors (Lipinski definition) is 7. The predicted octanol–water partition coefficient (Wildman–Crippen LogP) is 21.6. The molecular formula is C78H66N4O3Pt. The van der Waals surface area contributed by atoms with E-state index in [1.807, 2.05) is 0 Å². The van der Waals surface area contributed by atoms with Crippen molar-refractivity contribution in [1.82, 2.24) is 0 Å². The molecule has 5 aliphatic heterocycles. The van der Waals surface area contributed by atoms with E-state index >= 15 is 0 Å². The summed E-state index contributed by atoms with van der Waals surface area (Å²) in [6.07, 6.45) is 0. The molecule has 0 fully saturated rings. The van der Waals surface area contributed by atoms with Gasteiger partial charge < -0.3 is 0 Å². The normalized spacial score (nSPS) is 15.0. The second-order valence-electron chi connectivity index (χ2n) is 28.2. The van der Waals surface area contributed by atoms with Crippen LogP contribution < -0.4 is 24.3 Å². The average molecular weight is 1300 g/mol. The first-order valence-electron chi connectivity index (χ1n) is 30.1. The first-order valence-corrected chi connectivity index (χ1v) is 32.4. The molecule has 16 bridgehead atoms. The molecule has 426 valence electrons. The van der Waals surface area contributed by atoms with E-state index in [-0.39, 0.29) is 21.7 Å². The molecule has 2 aromatic heterocycles. The van der Waals surface area contributed by atoms with Gasteiger partial charge in [-0.3, -0.25) is 0 Å². The molecule has 0 spiro atoms. The number of hydrogen-bond donors (Lipinski definition) is 0. The number of fused-ring (bicyclic) bond motifs is 18. The van der Waals surface area contributed by atoms with E-state index < -0.39 is 17.6 Å². The first-order chi connectivity index (χ1) is 41.2. The molecule has 0 saturated heterocycles. The fourth-order valence-corrected chi connectivity index (χ4v) is 18.0. The topological polar surface area (TPSA) is 48.5 Å². The Morgan fingerprint density at radius 2 is 0.605 bits per heavy atom. The minimum absolute atomic E-state index is 0.324. The van der Waals surface area contributed by atoms with Crippen molar-refractivity contribution < 1.29 is 31.2 Å². The Balaban J connectivity index is 1.24. The van der Waals surface area contributed by atoms with E-state index in [0.717, 1.165) is 123 Å². The van der Waals surface area contributed by atoms with Crippen LogP contribution in [-0.4, -0.2) is 8.29 Å². The fourth-order valence-electron chi connectivity index (χ4n) is 14.3. The summed E-state index contributed by atoms with van der Waals surface area (Å²) in [6, 6.07) is 69.0. The monoisotopic (exact) mass is 1300 g/mol. The Morgan fingerprint density at radius 3 is 0.907 bits per heavy atom. The van der Waals surface area contributed by atoms with Crippen molar-refractivity contribution in [2.45, 2.75) is 105 Å². The van der Waals surface area contributed by atoms with Crippen LogP contribution in [0.25, 0.3) is 88.4 Å². The summed E-state index contributed by atoms with van der Waals surface area (Å²) >= 11 is -1.35. The summed E-state index contributed by atoms with van der Waals surface area (Å²) < 4.78 is 23.5. The number of para-hydroxylation sites is 4. The maximum atomic E-state index is 7.08. The maximum absolute atomic E-state index is 7.08. The molecule has 0 amide bonds. The summed E-state index contributed by atoms with van der Waals surface area (Å²) in [5, 5.41) is 4.34. The van der Waals surface area contributed by atoms with Gasteiger partial charge in [-0.25, -0.2) is 0 Å². The standard InChI is InChI=1S/C78H66N4O3.Pt/c1-75(2,3)57-41-58(76(4,5)6)70-46-28-32-67-55(36-46)56-38-48(30-34-68(56)85-67)72-60(78(10,11)12)42-59(77(7,8)9)71-47-29-33-66-54(37-47)53-35-45(27-31-65(53)84-66)69(57)73(70)81-43-79(61-23-13-15-25-63(61)81)49-19-17-21-51(39-49)83-52-22-18-20-50(40-52)80-44-82(74(71)72)64-26-16-14-24-62(64)80;/h13-42H,1-12H3;. The van der Waals surface area contributed by atoms with E-state index in [1.165, 1.54) is 52.8 Å². The Morgan fingerprint density at radius 1 is 0.302 bits per heavy atom. The minimum atomic E-state index is -1.35. The Bertz CT molecular complexity index is 4590. The third kappa shape index (κ3) is 7.37. The van der Waals surface area contributed by atoms with E-state index in [0.29, 0.717) is 0 Å². The molecule has 0 radical (unpaired) electrons. The van der Waals surface area contributed by atoms with Gasteiger partial charge in [-0.1, -0.05) is 0 Å². The third-order valence-electron chi connectivity index (χ3n) is 18.3. The molecule has 7 nitrogen and oxygen atoms in total. The predicted molar refractivity (Wildman–Crippen MR) is 356 cm³/mol. The Kier molecular flexibility index (Phi) is 10.5. The number of ether oxygens (including phenoxy) is 1. The number of furan rings is 2. The molecule has 10 aromatic carbocycles. The van der Waals surface area contributed by atoms with Crippen LogP contribution in [0.1, 0.15) is 105 Å². The first kappa shape index (κ1) is 51.6. The fraction of sp³-hybridized carbons (Fsp3) is 0.205. The van der Waals surface area contributed by atoms with Crippen LogP contribution in [0, 0.1) is 0 Å². The second kappa shape index (κ2) is 17.5. The van der Waals surface area contributed by atoms with Gasteiger partial charge >= 0.3 is 513 Å². The van der Waals surface area contributed by atoms with Gasteiger partial charge in [0.2, 0.25) is 0 Å². The molecular weight excluding hydrogens is 1240 g/mol. The molecule has 0 unspecified atom stereocenters. The second-order valence-corrected chi connectivity index (χ2v) is 30.8. The van der Waals surface area contributed by atoms with E-state index in [2.05, 4.69) is 285 Å². The van der Waals surface area contributed by atoms with Crippen molar-refractivity contribution in [2.24, 2.45) is 0 Å².